The third kappa shape index (κ3) is 3.86. The van der Waals surface area contributed by atoms with Crippen molar-refractivity contribution in [3.05, 3.63) is 47.0 Å². The van der Waals surface area contributed by atoms with E-state index in [-0.39, 0.29) is 24.0 Å². The Kier molecular flexibility index (Phi) is 6.07. The maximum Gasteiger partial charge on any atom is 0.238 e. The van der Waals surface area contributed by atoms with Crippen LogP contribution in [0.5, 0.6) is 11.5 Å². The fourth-order valence-electron chi connectivity index (χ4n) is 4.97. The van der Waals surface area contributed by atoms with Gasteiger partial charge in [0.15, 0.2) is 23.1 Å². The zero-order chi connectivity index (χ0) is 23.9. The molecule has 1 amide bonds. The molecular formula is C25H29F2N3O4. The lowest BCUT2D eigenvalue weighted by Gasteiger charge is -2.35. The second kappa shape index (κ2) is 9.03. The Morgan fingerprint density at radius 3 is 2.35 bits per heavy atom. The standard InChI is InChI=1S/C25H29F2N3O4/c1-32-19-14-20(33-2)22(27)23(21(19)26)30-15-16-3-4-17(13-18(16)25(5-6-25)24(30)31)28-7-8-29-9-11-34-12-10-29/h3-4,13-14,28H,5-12,15H2,1-2H3. The van der Waals surface area contributed by atoms with Crippen molar-refractivity contribution >= 4 is 17.3 Å². The number of benzene rings is 2. The molecule has 1 N–H and O–H groups in total. The van der Waals surface area contributed by atoms with E-state index >= 15 is 8.78 Å². The van der Waals surface area contributed by atoms with Crippen LogP contribution in [0.25, 0.3) is 0 Å². The second-order valence-electron chi connectivity index (χ2n) is 8.98. The number of carbonyl (C=O) groups is 1. The summed E-state index contributed by atoms with van der Waals surface area (Å²) in [4.78, 5) is 17.1. The molecule has 0 unspecified atom stereocenters. The first-order valence-corrected chi connectivity index (χ1v) is 11.6. The number of carbonyl (C=O) groups excluding carboxylic acids is 1. The molecule has 1 saturated carbocycles. The largest absolute Gasteiger partial charge is 0.493 e. The Balaban J connectivity index is 1.41. The van der Waals surface area contributed by atoms with Gasteiger partial charge in [0, 0.05) is 37.9 Å². The van der Waals surface area contributed by atoms with Gasteiger partial charge in [0.05, 0.1) is 39.4 Å². The summed E-state index contributed by atoms with van der Waals surface area (Å²) in [5.41, 5.74) is 1.60. The number of nitrogens with one attached hydrogen (secondary N) is 1. The first-order chi connectivity index (χ1) is 16.5. The van der Waals surface area contributed by atoms with Gasteiger partial charge in [-0.1, -0.05) is 6.07 Å². The molecular weight excluding hydrogens is 444 g/mol. The van der Waals surface area contributed by atoms with E-state index in [2.05, 4.69) is 10.2 Å². The maximum absolute atomic E-state index is 15.2. The fraction of sp³-hybridized carbons (Fsp3) is 0.480. The predicted molar refractivity (Wildman–Crippen MR) is 124 cm³/mol. The molecule has 34 heavy (non-hydrogen) atoms. The summed E-state index contributed by atoms with van der Waals surface area (Å²) in [7, 11) is 2.59. The predicted octanol–water partition coefficient (Wildman–Crippen LogP) is 3.30. The van der Waals surface area contributed by atoms with Gasteiger partial charge in [0.1, 0.15) is 5.69 Å². The van der Waals surface area contributed by atoms with Crippen molar-refractivity contribution in [2.45, 2.75) is 24.8 Å². The Morgan fingerprint density at radius 1 is 1.06 bits per heavy atom. The monoisotopic (exact) mass is 473 g/mol. The van der Waals surface area contributed by atoms with Crippen molar-refractivity contribution in [3.8, 4) is 11.5 Å². The highest BCUT2D eigenvalue weighted by Crippen LogP contribution is 2.55. The first kappa shape index (κ1) is 22.9. The van der Waals surface area contributed by atoms with Crippen molar-refractivity contribution in [1.82, 2.24) is 4.90 Å². The van der Waals surface area contributed by atoms with E-state index in [1.165, 1.54) is 19.1 Å². The Morgan fingerprint density at radius 2 is 1.74 bits per heavy atom. The molecule has 9 heteroatoms. The van der Waals surface area contributed by atoms with Crippen molar-refractivity contribution in [3.63, 3.8) is 0 Å². The summed E-state index contributed by atoms with van der Waals surface area (Å²) in [6.07, 6.45) is 1.30. The lowest BCUT2D eigenvalue weighted by atomic mass is 9.85. The van der Waals surface area contributed by atoms with Crippen molar-refractivity contribution in [2.24, 2.45) is 0 Å². The number of morpholine rings is 1. The zero-order valence-corrected chi connectivity index (χ0v) is 19.5. The van der Waals surface area contributed by atoms with E-state index in [1.54, 1.807) is 0 Å². The number of anilines is 2. The third-order valence-electron chi connectivity index (χ3n) is 7.04. The van der Waals surface area contributed by atoms with E-state index in [0.717, 1.165) is 62.3 Å². The van der Waals surface area contributed by atoms with Gasteiger partial charge >= 0.3 is 0 Å². The van der Waals surface area contributed by atoms with Crippen molar-refractivity contribution in [2.75, 3.05) is 63.8 Å². The van der Waals surface area contributed by atoms with Crippen LogP contribution >= 0.6 is 0 Å². The Bertz CT molecular complexity index is 1070. The van der Waals surface area contributed by atoms with Crippen LogP contribution in [0.2, 0.25) is 0 Å². The normalized spacial score (nSPS) is 19.2. The van der Waals surface area contributed by atoms with Gasteiger partial charge in [0.25, 0.3) is 0 Å². The van der Waals surface area contributed by atoms with Crippen molar-refractivity contribution < 1.29 is 27.8 Å². The Hall–Kier alpha value is -2.91. The van der Waals surface area contributed by atoms with Crippen molar-refractivity contribution in [1.29, 1.82) is 0 Å². The van der Waals surface area contributed by atoms with Crippen LogP contribution in [0.1, 0.15) is 24.0 Å². The minimum Gasteiger partial charge on any atom is -0.493 e. The van der Waals surface area contributed by atoms with Gasteiger partial charge in [-0.25, -0.2) is 8.78 Å². The molecule has 1 spiro atoms. The zero-order valence-electron chi connectivity index (χ0n) is 19.5. The molecule has 0 radical (unpaired) electrons. The summed E-state index contributed by atoms with van der Waals surface area (Å²) in [5, 5.41) is 3.45. The molecule has 2 aliphatic heterocycles. The van der Waals surface area contributed by atoms with Gasteiger partial charge in [-0.3, -0.25) is 9.69 Å². The van der Waals surface area contributed by atoms with Crippen LogP contribution in [-0.2, 0) is 21.5 Å². The molecule has 2 fully saturated rings. The van der Waals surface area contributed by atoms with Crippen LogP contribution in [0, 0.1) is 11.6 Å². The first-order valence-electron chi connectivity index (χ1n) is 11.6. The summed E-state index contributed by atoms with van der Waals surface area (Å²) in [6.45, 7) is 5.16. The maximum atomic E-state index is 15.2. The van der Waals surface area contributed by atoms with E-state index in [1.807, 2.05) is 18.2 Å². The van der Waals surface area contributed by atoms with E-state index in [4.69, 9.17) is 14.2 Å². The molecule has 0 bridgehead atoms. The molecule has 1 saturated heterocycles. The van der Waals surface area contributed by atoms with Gasteiger partial charge in [-0.2, -0.15) is 0 Å². The van der Waals surface area contributed by atoms with Crippen LogP contribution in [-0.4, -0.2) is 64.4 Å². The highest BCUT2D eigenvalue weighted by molar-refractivity contribution is 6.05. The molecule has 1 aliphatic carbocycles. The molecule has 7 nitrogen and oxygen atoms in total. The summed E-state index contributed by atoms with van der Waals surface area (Å²) in [5.74, 6) is -2.45. The van der Waals surface area contributed by atoms with Gasteiger partial charge in [0.2, 0.25) is 5.91 Å². The number of methoxy groups -OCH3 is 2. The molecule has 0 atom stereocenters. The number of amides is 1. The van der Waals surface area contributed by atoms with Gasteiger partial charge < -0.3 is 24.4 Å². The van der Waals surface area contributed by atoms with E-state index < -0.39 is 22.7 Å². The lowest BCUT2D eigenvalue weighted by Crippen LogP contribution is -2.44. The molecule has 182 valence electrons. The van der Waals surface area contributed by atoms with E-state index in [0.29, 0.717) is 12.8 Å². The van der Waals surface area contributed by atoms with Gasteiger partial charge in [-0.15, -0.1) is 0 Å². The highest BCUT2D eigenvalue weighted by Gasteiger charge is 2.57. The number of halogens is 2. The van der Waals surface area contributed by atoms with Crippen LogP contribution < -0.4 is 19.7 Å². The van der Waals surface area contributed by atoms with E-state index in [9.17, 15) is 4.79 Å². The number of rotatable bonds is 7. The third-order valence-corrected chi connectivity index (χ3v) is 7.04. The number of ether oxygens (including phenoxy) is 3. The average molecular weight is 474 g/mol. The highest BCUT2D eigenvalue weighted by atomic mass is 19.1. The van der Waals surface area contributed by atoms with Crippen LogP contribution in [0.15, 0.2) is 24.3 Å². The summed E-state index contributed by atoms with van der Waals surface area (Å²) in [6, 6.07) is 7.08. The lowest BCUT2D eigenvalue weighted by molar-refractivity contribution is -0.121. The average Bonchev–Trinajstić information content (AvgIpc) is 3.65. The number of nitrogens with zero attached hydrogens (tertiary/aromatic N) is 2. The second-order valence-corrected chi connectivity index (χ2v) is 8.98. The molecule has 0 aromatic heterocycles. The molecule has 2 aromatic carbocycles. The molecule has 2 aromatic rings. The quantitative estimate of drug-likeness (QED) is 0.666. The molecule has 5 rings (SSSR count). The van der Waals surface area contributed by atoms with Gasteiger partial charge in [-0.05, 0) is 36.1 Å². The SMILES string of the molecule is COc1cc(OC)c(F)c(N2Cc3ccc(NCCN4CCOCC4)cc3C3(CC3)C2=O)c1F. The fourth-order valence-corrected chi connectivity index (χ4v) is 4.97. The summed E-state index contributed by atoms with van der Waals surface area (Å²) >= 11 is 0. The topological polar surface area (TPSA) is 63.3 Å². The minimum atomic E-state index is -0.908. The summed E-state index contributed by atoms with van der Waals surface area (Å²) < 4.78 is 45.9. The van der Waals surface area contributed by atoms with Crippen LogP contribution in [0.4, 0.5) is 20.2 Å². The number of hydrogen-bond donors (Lipinski definition) is 1. The molecule has 2 heterocycles. The van der Waals surface area contributed by atoms with Crippen LogP contribution in [0.3, 0.4) is 0 Å². The molecule has 3 aliphatic rings. The number of fused-ring (bicyclic) bond motifs is 2. The Labute approximate surface area is 197 Å². The smallest absolute Gasteiger partial charge is 0.238 e. The minimum absolute atomic E-state index is 0.0775. The number of hydrogen-bond acceptors (Lipinski definition) is 6.